The molecule has 8 nitrogen and oxygen atoms in total. The van der Waals surface area contributed by atoms with E-state index in [0.717, 1.165) is 47.0 Å². The van der Waals surface area contributed by atoms with Gasteiger partial charge in [0.25, 0.3) is 0 Å². The molecule has 0 fully saturated rings. The highest BCUT2D eigenvalue weighted by molar-refractivity contribution is 9.11. The molecule has 0 atom stereocenters. The standard InChI is InChI=1S/C16H12Br2O8S4/c17-9-11-12(28-15(27-11,1-5(19)20)2-6(21)22)10(18)14-13(9)29-16(30-14,3-7(23)24)4-8(25)26/h1-4H2,(H,19,20)(H,21,22)(H,23,24)(H,25,26). The van der Waals surface area contributed by atoms with Crippen LogP contribution < -0.4 is 0 Å². The highest BCUT2D eigenvalue weighted by atomic mass is 79.9. The number of benzene rings is 1. The number of halogens is 2. The predicted octanol–water partition coefficient (Wildman–Crippen LogP) is 4.90. The maximum absolute atomic E-state index is 11.4. The van der Waals surface area contributed by atoms with E-state index in [1.165, 1.54) is 0 Å². The van der Waals surface area contributed by atoms with Crippen molar-refractivity contribution < 1.29 is 39.6 Å². The van der Waals surface area contributed by atoms with Crippen molar-refractivity contribution in [2.45, 2.75) is 53.4 Å². The van der Waals surface area contributed by atoms with E-state index in [4.69, 9.17) is 0 Å². The zero-order chi connectivity index (χ0) is 22.4. The van der Waals surface area contributed by atoms with Crippen LogP contribution in [-0.4, -0.2) is 52.5 Å². The molecule has 0 aliphatic carbocycles. The highest BCUT2D eigenvalue weighted by Crippen LogP contribution is 2.70. The fourth-order valence-electron chi connectivity index (χ4n) is 3.09. The van der Waals surface area contributed by atoms with Gasteiger partial charge in [-0.15, -0.1) is 47.0 Å². The molecule has 2 aliphatic heterocycles. The third kappa shape index (κ3) is 4.77. The number of fused-ring (bicyclic) bond motifs is 2. The quantitative estimate of drug-likeness (QED) is 0.313. The summed E-state index contributed by atoms with van der Waals surface area (Å²) in [6, 6.07) is 0. The van der Waals surface area contributed by atoms with Gasteiger partial charge in [0, 0.05) is 28.5 Å². The van der Waals surface area contributed by atoms with E-state index in [-0.39, 0.29) is 25.7 Å². The van der Waals surface area contributed by atoms with Gasteiger partial charge in [-0.1, -0.05) is 0 Å². The molecule has 3 rings (SSSR count). The van der Waals surface area contributed by atoms with Crippen LogP contribution in [0, 0.1) is 0 Å². The summed E-state index contributed by atoms with van der Waals surface area (Å²) in [6.45, 7) is 0. The van der Waals surface area contributed by atoms with Gasteiger partial charge in [-0.25, -0.2) is 0 Å². The molecule has 0 bridgehead atoms. The molecule has 1 aromatic carbocycles. The molecule has 0 spiro atoms. The Morgan fingerprint density at radius 2 is 0.767 bits per heavy atom. The first-order valence-electron chi connectivity index (χ1n) is 8.05. The van der Waals surface area contributed by atoms with Crippen LogP contribution in [-0.2, 0) is 19.2 Å². The molecule has 0 saturated heterocycles. The summed E-state index contributed by atoms with van der Waals surface area (Å²) in [7, 11) is 0. The van der Waals surface area contributed by atoms with Crippen LogP contribution in [0.25, 0.3) is 0 Å². The van der Waals surface area contributed by atoms with Gasteiger partial charge < -0.3 is 20.4 Å². The summed E-state index contributed by atoms with van der Waals surface area (Å²) >= 11 is 11.6. The van der Waals surface area contributed by atoms with Crippen molar-refractivity contribution in [3.63, 3.8) is 0 Å². The normalized spacial score (nSPS) is 17.9. The van der Waals surface area contributed by atoms with Crippen LogP contribution in [0.3, 0.4) is 0 Å². The third-order valence-corrected chi connectivity index (χ3v) is 13.0. The second-order valence-electron chi connectivity index (χ2n) is 6.46. The highest BCUT2D eigenvalue weighted by Gasteiger charge is 2.50. The summed E-state index contributed by atoms with van der Waals surface area (Å²) in [5, 5.41) is 37.2. The first kappa shape index (κ1) is 24.1. The SMILES string of the molecule is O=C(O)CC1(CC(=O)O)Sc2c(Br)c3c(c(Br)c2S1)SC(CC(=O)O)(CC(=O)O)S3. The number of carboxylic acids is 4. The van der Waals surface area contributed by atoms with E-state index < -0.39 is 32.0 Å². The van der Waals surface area contributed by atoms with Crippen LogP contribution >= 0.6 is 78.9 Å². The van der Waals surface area contributed by atoms with Gasteiger partial charge in [-0.2, -0.15) is 0 Å². The van der Waals surface area contributed by atoms with Crippen LogP contribution in [0.5, 0.6) is 0 Å². The molecule has 4 N–H and O–H groups in total. The van der Waals surface area contributed by atoms with Crippen molar-refractivity contribution in [3.05, 3.63) is 8.95 Å². The van der Waals surface area contributed by atoms with Gasteiger partial charge in [-0.3, -0.25) is 19.2 Å². The Hall–Kier alpha value is -0.540. The van der Waals surface area contributed by atoms with Gasteiger partial charge in [0.05, 0.1) is 33.8 Å². The van der Waals surface area contributed by atoms with E-state index in [0.29, 0.717) is 28.5 Å². The van der Waals surface area contributed by atoms with Crippen LogP contribution in [0.1, 0.15) is 25.7 Å². The minimum Gasteiger partial charge on any atom is -0.481 e. The van der Waals surface area contributed by atoms with Crippen molar-refractivity contribution in [3.8, 4) is 0 Å². The molecule has 0 aromatic heterocycles. The Balaban J connectivity index is 2.05. The van der Waals surface area contributed by atoms with E-state index in [9.17, 15) is 39.6 Å². The van der Waals surface area contributed by atoms with Gasteiger partial charge in [0.15, 0.2) is 0 Å². The number of aliphatic carboxylic acids is 4. The lowest BCUT2D eigenvalue weighted by atomic mass is 10.2. The Labute approximate surface area is 203 Å². The summed E-state index contributed by atoms with van der Waals surface area (Å²) < 4.78 is -1.09. The number of thioether (sulfide) groups is 4. The van der Waals surface area contributed by atoms with Gasteiger partial charge in [-0.05, 0) is 31.9 Å². The third-order valence-electron chi connectivity index (χ3n) is 4.04. The zero-order valence-electron chi connectivity index (χ0n) is 14.6. The molecule has 1 aromatic rings. The Morgan fingerprint density at radius 1 is 0.567 bits per heavy atom. The molecule has 14 heteroatoms. The maximum atomic E-state index is 11.4. The number of hydrogen-bond donors (Lipinski definition) is 4. The summed E-state index contributed by atoms with van der Waals surface area (Å²) in [5.74, 6) is -4.46. The molecule has 0 amide bonds. The average Bonchev–Trinajstić information content (AvgIpc) is 3.10. The van der Waals surface area contributed by atoms with Gasteiger partial charge >= 0.3 is 23.9 Å². The lowest BCUT2D eigenvalue weighted by Gasteiger charge is -2.24. The number of carbonyl (C=O) groups is 4. The molecule has 0 saturated carbocycles. The Morgan fingerprint density at radius 3 is 0.933 bits per heavy atom. The molecule has 0 radical (unpaired) electrons. The summed E-state index contributed by atoms with van der Waals surface area (Å²) in [6.07, 6.45) is -1.46. The smallest absolute Gasteiger partial charge is 0.305 e. The molecule has 0 unspecified atom stereocenters. The molecular weight excluding hydrogens is 608 g/mol. The molecule has 162 valence electrons. The fourth-order valence-corrected chi connectivity index (χ4v) is 11.9. The molecule has 2 aliphatic rings. The largest absolute Gasteiger partial charge is 0.481 e. The predicted molar refractivity (Wildman–Crippen MR) is 120 cm³/mol. The maximum Gasteiger partial charge on any atom is 0.305 e. The van der Waals surface area contributed by atoms with Crippen molar-refractivity contribution >= 4 is 103 Å². The van der Waals surface area contributed by atoms with Crippen molar-refractivity contribution in [1.29, 1.82) is 0 Å². The van der Waals surface area contributed by atoms with Crippen molar-refractivity contribution in [2.75, 3.05) is 0 Å². The van der Waals surface area contributed by atoms with E-state index in [2.05, 4.69) is 31.9 Å². The van der Waals surface area contributed by atoms with Crippen LogP contribution in [0.15, 0.2) is 28.5 Å². The first-order valence-corrected chi connectivity index (χ1v) is 12.9. The molecule has 30 heavy (non-hydrogen) atoms. The topological polar surface area (TPSA) is 149 Å². The second-order valence-corrected chi connectivity index (χ2v) is 14.1. The van der Waals surface area contributed by atoms with Gasteiger partial charge in [0.1, 0.15) is 0 Å². The van der Waals surface area contributed by atoms with E-state index in [1.54, 1.807) is 0 Å². The minimum atomic E-state index is -1.13. The van der Waals surface area contributed by atoms with Crippen LogP contribution in [0.4, 0.5) is 0 Å². The molecular formula is C16H12Br2O8S4. The number of carboxylic acid groups (broad SMARTS) is 4. The number of rotatable bonds is 8. The van der Waals surface area contributed by atoms with E-state index in [1.807, 2.05) is 0 Å². The van der Waals surface area contributed by atoms with Crippen molar-refractivity contribution in [2.24, 2.45) is 0 Å². The second kappa shape index (κ2) is 8.77. The Bertz CT molecular complexity index is 832. The summed E-state index contributed by atoms with van der Waals surface area (Å²) in [5.41, 5.74) is 0. The minimum absolute atomic E-state index is 0.366. The average molecular weight is 620 g/mol. The van der Waals surface area contributed by atoms with E-state index >= 15 is 0 Å². The van der Waals surface area contributed by atoms with Crippen molar-refractivity contribution in [1.82, 2.24) is 0 Å². The van der Waals surface area contributed by atoms with Gasteiger partial charge in [0.2, 0.25) is 0 Å². The lowest BCUT2D eigenvalue weighted by molar-refractivity contribution is -0.140. The first-order chi connectivity index (χ1) is 13.9. The molecule has 2 heterocycles. The lowest BCUT2D eigenvalue weighted by Crippen LogP contribution is -2.25. The fraction of sp³-hybridized carbons (Fsp3) is 0.375. The van der Waals surface area contributed by atoms with Crippen LogP contribution in [0.2, 0.25) is 0 Å². The Kier molecular flexibility index (Phi) is 7.05. The monoisotopic (exact) mass is 618 g/mol. The zero-order valence-corrected chi connectivity index (χ0v) is 21.1. The summed E-state index contributed by atoms with van der Waals surface area (Å²) in [4.78, 5) is 48.2. The number of hydrogen-bond acceptors (Lipinski definition) is 8.